The van der Waals surface area contributed by atoms with Crippen LogP contribution < -0.4 is 15.4 Å². The van der Waals surface area contributed by atoms with Gasteiger partial charge in [-0.2, -0.15) is 0 Å². The molecule has 1 aromatic rings. The van der Waals surface area contributed by atoms with Gasteiger partial charge in [0, 0.05) is 6.04 Å². The van der Waals surface area contributed by atoms with E-state index in [1.165, 1.54) is 0 Å². The lowest BCUT2D eigenvalue weighted by Crippen LogP contribution is -2.39. The van der Waals surface area contributed by atoms with Gasteiger partial charge in [0.2, 0.25) is 5.91 Å². The molecule has 6 nitrogen and oxygen atoms in total. The molecule has 1 heterocycles. The predicted molar refractivity (Wildman–Crippen MR) is 81.3 cm³/mol. The summed E-state index contributed by atoms with van der Waals surface area (Å²) in [5.41, 5.74) is 0.744. The van der Waals surface area contributed by atoms with Crippen molar-refractivity contribution in [2.45, 2.75) is 19.4 Å². The number of hydrogen-bond acceptors (Lipinski definition) is 5. The molecule has 1 amide bonds. The summed E-state index contributed by atoms with van der Waals surface area (Å²) in [4.78, 5) is 11.8. The van der Waals surface area contributed by atoms with E-state index in [9.17, 15) is 13.2 Å². The molecule has 1 fully saturated rings. The molecule has 0 aromatic heterocycles. The molecule has 0 spiro atoms. The molecule has 0 aliphatic carbocycles. The summed E-state index contributed by atoms with van der Waals surface area (Å²) in [7, 11) is -2.98. The van der Waals surface area contributed by atoms with Crippen molar-refractivity contribution in [3.8, 4) is 5.75 Å². The molecule has 1 aromatic carbocycles. The van der Waals surface area contributed by atoms with Gasteiger partial charge in [0.25, 0.3) is 0 Å². The quantitative estimate of drug-likeness (QED) is 0.812. The van der Waals surface area contributed by atoms with Crippen LogP contribution in [0.3, 0.4) is 0 Å². The highest BCUT2D eigenvalue weighted by Gasteiger charge is 2.28. The second-order valence-electron chi connectivity index (χ2n) is 4.95. The third kappa shape index (κ3) is 4.63. The number of nitrogens with one attached hydrogen (secondary N) is 2. The zero-order valence-electron chi connectivity index (χ0n) is 12.0. The highest BCUT2D eigenvalue weighted by molar-refractivity contribution is 7.91. The number of sulfone groups is 1. The minimum atomic E-state index is -2.98. The number of carbonyl (C=O) groups excluding carboxylic acids is 1. The lowest BCUT2D eigenvalue weighted by molar-refractivity contribution is -0.119. The van der Waals surface area contributed by atoms with E-state index in [2.05, 4.69) is 10.6 Å². The average molecular weight is 312 g/mol. The van der Waals surface area contributed by atoms with Crippen LogP contribution in [0.1, 0.15) is 13.3 Å². The monoisotopic (exact) mass is 312 g/mol. The largest absolute Gasteiger partial charge is 0.492 e. The van der Waals surface area contributed by atoms with E-state index in [0.717, 1.165) is 5.69 Å². The number of benzene rings is 1. The Morgan fingerprint density at radius 1 is 1.38 bits per heavy atom. The first-order chi connectivity index (χ1) is 10.00. The van der Waals surface area contributed by atoms with Crippen molar-refractivity contribution in [1.29, 1.82) is 0 Å². The van der Waals surface area contributed by atoms with E-state index in [4.69, 9.17) is 4.74 Å². The summed E-state index contributed by atoms with van der Waals surface area (Å²) in [6.45, 7) is 2.52. The van der Waals surface area contributed by atoms with Gasteiger partial charge in [-0.15, -0.1) is 0 Å². The Labute approximate surface area is 124 Å². The Hall–Kier alpha value is -1.76. The van der Waals surface area contributed by atoms with Crippen LogP contribution in [-0.2, 0) is 14.6 Å². The van der Waals surface area contributed by atoms with E-state index >= 15 is 0 Å². The van der Waals surface area contributed by atoms with E-state index in [1.807, 2.05) is 31.2 Å². The van der Waals surface area contributed by atoms with Crippen molar-refractivity contribution in [2.75, 3.05) is 30.0 Å². The summed E-state index contributed by atoms with van der Waals surface area (Å²) >= 11 is 0. The number of ether oxygens (including phenoxy) is 1. The minimum absolute atomic E-state index is 0.0360. The third-order valence-electron chi connectivity index (χ3n) is 3.22. The summed E-state index contributed by atoms with van der Waals surface area (Å²) in [5.74, 6) is 0.659. The highest BCUT2D eigenvalue weighted by atomic mass is 32.2. The van der Waals surface area contributed by atoms with Crippen LogP contribution in [0.5, 0.6) is 5.75 Å². The van der Waals surface area contributed by atoms with Crippen LogP contribution in [0, 0.1) is 0 Å². The van der Waals surface area contributed by atoms with Crippen molar-refractivity contribution < 1.29 is 17.9 Å². The summed E-state index contributed by atoms with van der Waals surface area (Å²) in [6, 6.07) is 7.10. The molecule has 1 aliphatic heterocycles. The molecule has 2 N–H and O–H groups in total. The van der Waals surface area contributed by atoms with Crippen LogP contribution >= 0.6 is 0 Å². The lowest BCUT2D eigenvalue weighted by atomic mass is 10.2. The van der Waals surface area contributed by atoms with Gasteiger partial charge in [0.1, 0.15) is 5.75 Å². The number of amides is 1. The van der Waals surface area contributed by atoms with Gasteiger partial charge in [0.05, 0.1) is 30.3 Å². The van der Waals surface area contributed by atoms with Crippen molar-refractivity contribution >= 4 is 21.4 Å². The zero-order valence-corrected chi connectivity index (χ0v) is 12.8. The smallest absolute Gasteiger partial charge is 0.239 e. The van der Waals surface area contributed by atoms with Crippen LogP contribution in [0.15, 0.2) is 24.3 Å². The maximum atomic E-state index is 11.8. The SMILES string of the molecule is CCOc1ccccc1NCC(=O)NC1CCS(=O)(=O)C1. The third-order valence-corrected chi connectivity index (χ3v) is 4.99. The van der Waals surface area contributed by atoms with Gasteiger partial charge < -0.3 is 15.4 Å². The Morgan fingerprint density at radius 3 is 2.81 bits per heavy atom. The highest BCUT2D eigenvalue weighted by Crippen LogP contribution is 2.23. The first-order valence-corrected chi connectivity index (χ1v) is 8.78. The molecule has 21 heavy (non-hydrogen) atoms. The van der Waals surface area contributed by atoms with E-state index in [-0.39, 0.29) is 30.0 Å². The predicted octanol–water partition coefficient (Wildman–Crippen LogP) is 0.800. The Balaban J connectivity index is 1.84. The minimum Gasteiger partial charge on any atom is -0.492 e. The standard InChI is InChI=1S/C14H20N2O4S/c1-2-20-13-6-4-3-5-12(13)15-9-14(17)16-11-7-8-21(18,19)10-11/h3-6,11,15H,2,7-10H2,1H3,(H,16,17). The second-order valence-corrected chi connectivity index (χ2v) is 7.18. The first kappa shape index (κ1) is 15.6. The Morgan fingerprint density at radius 2 is 2.14 bits per heavy atom. The number of para-hydroxylation sites is 2. The van der Waals surface area contributed by atoms with E-state index in [1.54, 1.807) is 0 Å². The molecule has 0 bridgehead atoms. The van der Waals surface area contributed by atoms with E-state index in [0.29, 0.717) is 18.8 Å². The Bertz CT molecular complexity index is 601. The van der Waals surface area contributed by atoms with Crippen LogP contribution in [0.25, 0.3) is 0 Å². The fourth-order valence-electron chi connectivity index (χ4n) is 2.26. The van der Waals surface area contributed by atoms with Gasteiger partial charge in [0.15, 0.2) is 9.84 Å². The maximum Gasteiger partial charge on any atom is 0.239 e. The van der Waals surface area contributed by atoms with Crippen molar-refractivity contribution in [3.63, 3.8) is 0 Å². The molecule has 7 heteroatoms. The second kappa shape index (κ2) is 6.80. The van der Waals surface area contributed by atoms with Crippen LogP contribution in [-0.4, -0.2) is 45.0 Å². The number of hydrogen-bond donors (Lipinski definition) is 2. The van der Waals surface area contributed by atoms with Gasteiger partial charge in [-0.05, 0) is 25.5 Å². The molecule has 1 aliphatic rings. The average Bonchev–Trinajstić information content (AvgIpc) is 2.77. The van der Waals surface area contributed by atoms with Crippen LogP contribution in [0.2, 0.25) is 0 Å². The van der Waals surface area contributed by atoms with Crippen LogP contribution in [0.4, 0.5) is 5.69 Å². The molecular formula is C14H20N2O4S. The molecule has 1 saturated heterocycles. The lowest BCUT2D eigenvalue weighted by Gasteiger charge is -2.14. The molecule has 116 valence electrons. The summed E-state index contributed by atoms with van der Waals surface area (Å²) in [6.07, 6.45) is 0.490. The topological polar surface area (TPSA) is 84.5 Å². The van der Waals surface area contributed by atoms with Gasteiger partial charge in [-0.1, -0.05) is 12.1 Å². The van der Waals surface area contributed by atoms with Crippen molar-refractivity contribution in [2.24, 2.45) is 0 Å². The van der Waals surface area contributed by atoms with E-state index < -0.39 is 9.84 Å². The summed E-state index contributed by atoms with van der Waals surface area (Å²) in [5, 5.41) is 5.74. The molecular weight excluding hydrogens is 292 g/mol. The fourth-order valence-corrected chi connectivity index (χ4v) is 3.93. The zero-order chi connectivity index (χ0) is 15.3. The number of carbonyl (C=O) groups is 1. The van der Waals surface area contributed by atoms with Gasteiger partial charge >= 0.3 is 0 Å². The maximum absolute atomic E-state index is 11.8. The van der Waals surface area contributed by atoms with Crippen molar-refractivity contribution in [1.82, 2.24) is 5.32 Å². The molecule has 0 saturated carbocycles. The normalized spacial score (nSPS) is 20.0. The number of rotatable bonds is 6. The molecule has 2 rings (SSSR count). The summed E-state index contributed by atoms with van der Waals surface area (Å²) < 4.78 is 28.1. The fraction of sp³-hybridized carbons (Fsp3) is 0.500. The van der Waals surface area contributed by atoms with Crippen molar-refractivity contribution in [3.05, 3.63) is 24.3 Å². The van der Waals surface area contributed by atoms with Gasteiger partial charge in [-0.25, -0.2) is 8.42 Å². The Kier molecular flexibility index (Phi) is 5.06. The van der Waals surface area contributed by atoms with Gasteiger partial charge in [-0.3, -0.25) is 4.79 Å². The molecule has 1 unspecified atom stereocenters. The number of anilines is 1. The first-order valence-electron chi connectivity index (χ1n) is 6.95. The molecule has 1 atom stereocenters. The molecule has 0 radical (unpaired) electrons.